The zero-order chi connectivity index (χ0) is 14.4. The van der Waals surface area contributed by atoms with Gasteiger partial charge in [-0.3, -0.25) is 4.57 Å². The lowest BCUT2D eigenvalue weighted by molar-refractivity contribution is 0.0676. The number of benzene rings is 1. The highest BCUT2D eigenvalue weighted by molar-refractivity contribution is 5.83. The van der Waals surface area contributed by atoms with Crippen LogP contribution in [-0.2, 0) is 0 Å². The summed E-state index contributed by atoms with van der Waals surface area (Å²) in [5, 5.41) is 13.2. The fourth-order valence-corrected chi connectivity index (χ4v) is 2.31. The van der Waals surface area contributed by atoms with Gasteiger partial charge in [-0.2, -0.15) is 4.68 Å². The minimum atomic E-state index is -1.17. The van der Waals surface area contributed by atoms with Crippen LogP contribution in [0, 0.1) is 13.8 Å². The molecule has 6 nitrogen and oxygen atoms in total. The molecule has 1 aliphatic carbocycles. The Hall–Kier alpha value is -2.37. The molecule has 0 unspecified atom stereocenters. The molecular formula is C14H15N3O3. The van der Waals surface area contributed by atoms with Gasteiger partial charge in [0.05, 0.1) is 5.69 Å². The number of aryl methyl sites for hydroxylation is 1. The van der Waals surface area contributed by atoms with Crippen LogP contribution < -0.4 is 5.69 Å². The van der Waals surface area contributed by atoms with Gasteiger partial charge < -0.3 is 5.11 Å². The monoisotopic (exact) mass is 273 g/mol. The van der Waals surface area contributed by atoms with E-state index in [2.05, 4.69) is 5.10 Å². The molecule has 0 aliphatic heterocycles. The first-order chi connectivity index (χ1) is 9.50. The van der Waals surface area contributed by atoms with Crippen molar-refractivity contribution in [2.75, 3.05) is 0 Å². The van der Waals surface area contributed by atoms with Gasteiger partial charge in [0.1, 0.15) is 0 Å². The molecule has 0 bridgehead atoms. The van der Waals surface area contributed by atoms with Gasteiger partial charge in [-0.05, 0) is 43.9 Å². The molecule has 1 aromatic carbocycles. The first-order valence-electron chi connectivity index (χ1n) is 6.52. The van der Waals surface area contributed by atoms with Crippen LogP contribution in [0.3, 0.4) is 0 Å². The minimum Gasteiger partial charge on any atom is -0.475 e. The summed E-state index contributed by atoms with van der Waals surface area (Å²) in [6.45, 7) is 3.84. The lowest BCUT2D eigenvalue weighted by Gasteiger charge is -2.06. The van der Waals surface area contributed by atoms with Gasteiger partial charge in [0, 0.05) is 6.04 Å². The second kappa shape index (κ2) is 4.33. The van der Waals surface area contributed by atoms with E-state index >= 15 is 0 Å². The van der Waals surface area contributed by atoms with Gasteiger partial charge in [-0.15, -0.1) is 5.10 Å². The number of nitrogens with zero attached hydrogens (tertiary/aromatic N) is 3. The molecule has 3 rings (SSSR count). The average Bonchev–Trinajstić information content (AvgIpc) is 3.17. The number of rotatable bonds is 3. The summed E-state index contributed by atoms with van der Waals surface area (Å²) in [5.74, 6) is -1.35. The smallest absolute Gasteiger partial charge is 0.374 e. The van der Waals surface area contributed by atoms with Crippen molar-refractivity contribution in [3.63, 3.8) is 0 Å². The Morgan fingerprint density at radius 1 is 1.35 bits per heavy atom. The van der Waals surface area contributed by atoms with Crippen molar-refractivity contribution in [1.29, 1.82) is 0 Å². The summed E-state index contributed by atoms with van der Waals surface area (Å²) in [5.41, 5.74) is 2.22. The molecule has 1 saturated carbocycles. The molecule has 2 aromatic rings. The van der Waals surface area contributed by atoms with E-state index in [1.165, 1.54) is 9.25 Å². The topological polar surface area (TPSA) is 77.1 Å². The quantitative estimate of drug-likeness (QED) is 0.923. The predicted molar refractivity (Wildman–Crippen MR) is 72.5 cm³/mol. The average molecular weight is 273 g/mol. The van der Waals surface area contributed by atoms with E-state index < -0.39 is 5.97 Å². The summed E-state index contributed by atoms with van der Waals surface area (Å²) in [6, 6.07) is 5.53. The summed E-state index contributed by atoms with van der Waals surface area (Å²) in [6.07, 6.45) is 1.66. The van der Waals surface area contributed by atoms with Crippen molar-refractivity contribution in [2.45, 2.75) is 32.7 Å². The van der Waals surface area contributed by atoms with Crippen LogP contribution in [0.2, 0.25) is 0 Å². The van der Waals surface area contributed by atoms with E-state index in [1.807, 2.05) is 26.0 Å². The van der Waals surface area contributed by atoms with Gasteiger partial charge in [0.2, 0.25) is 5.82 Å². The normalized spacial score (nSPS) is 14.5. The zero-order valence-corrected chi connectivity index (χ0v) is 11.3. The minimum absolute atomic E-state index is 0.0209. The van der Waals surface area contributed by atoms with E-state index in [9.17, 15) is 14.7 Å². The third-order valence-electron chi connectivity index (χ3n) is 3.72. The second-order valence-corrected chi connectivity index (χ2v) is 5.14. The van der Waals surface area contributed by atoms with Gasteiger partial charge in [-0.1, -0.05) is 12.1 Å². The molecule has 0 amide bonds. The van der Waals surface area contributed by atoms with E-state index in [1.54, 1.807) is 6.07 Å². The highest BCUT2D eigenvalue weighted by atomic mass is 16.4. The van der Waals surface area contributed by atoms with Crippen molar-refractivity contribution in [3.8, 4) is 5.69 Å². The van der Waals surface area contributed by atoms with Crippen molar-refractivity contribution < 1.29 is 9.90 Å². The van der Waals surface area contributed by atoms with Crippen molar-refractivity contribution in [2.24, 2.45) is 0 Å². The lowest BCUT2D eigenvalue weighted by Crippen LogP contribution is -2.25. The van der Waals surface area contributed by atoms with Crippen molar-refractivity contribution >= 4 is 5.97 Å². The molecule has 1 aliphatic rings. The molecule has 20 heavy (non-hydrogen) atoms. The largest absolute Gasteiger partial charge is 0.475 e. The molecule has 104 valence electrons. The van der Waals surface area contributed by atoms with E-state index in [-0.39, 0.29) is 17.6 Å². The van der Waals surface area contributed by atoms with E-state index in [4.69, 9.17) is 0 Å². The number of carboxylic acids is 1. The van der Waals surface area contributed by atoms with Gasteiger partial charge in [0.15, 0.2) is 0 Å². The number of carbonyl (C=O) groups is 1. The van der Waals surface area contributed by atoms with Crippen LogP contribution in [0.1, 0.15) is 40.6 Å². The van der Waals surface area contributed by atoms with E-state index in [0.717, 1.165) is 24.0 Å². The highest BCUT2D eigenvalue weighted by Gasteiger charge is 2.32. The summed E-state index contributed by atoms with van der Waals surface area (Å²) < 4.78 is 2.49. The van der Waals surface area contributed by atoms with Crippen LogP contribution in [0.4, 0.5) is 0 Å². The maximum Gasteiger partial charge on any atom is 0.374 e. The molecule has 0 radical (unpaired) electrons. The zero-order valence-electron chi connectivity index (χ0n) is 11.3. The Morgan fingerprint density at radius 2 is 2.05 bits per heavy atom. The van der Waals surface area contributed by atoms with Crippen LogP contribution in [0.25, 0.3) is 5.69 Å². The number of carboxylic acid groups (broad SMARTS) is 1. The Bertz CT molecular complexity index is 754. The molecule has 1 fully saturated rings. The highest BCUT2D eigenvalue weighted by Crippen LogP contribution is 2.34. The van der Waals surface area contributed by atoms with Crippen molar-refractivity contribution in [1.82, 2.24) is 14.3 Å². The third-order valence-corrected chi connectivity index (χ3v) is 3.72. The van der Waals surface area contributed by atoms with Crippen LogP contribution in [-0.4, -0.2) is 25.4 Å². The molecule has 1 heterocycles. The summed E-state index contributed by atoms with van der Waals surface area (Å²) in [4.78, 5) is 23.7. The first-order valence-corrected chi connectivity index (χ1v) is 6.52. The van der Waals surface area contributed by atoms with Crippen LogP contribution >= 0.6 is 0 Å². The maximum absolute atomic E-state index is 12.4. The first kappa shape index (κ1) is 12.7. The fraction of sp³-hybridized carbons (Fsp3) is 0.357. The lowest BCUT2D eigenvalue weighted by atomic mass is 10.1. The molecule has 6 heteroatoms. The SMILES string of the molecule is Cc1cccc(-n2nc(C(=O)O)n(C3CC3)c2=O)c1C. The Morgan fingerprint density at radius 3 is 2.65 bits per heavy atom. The molecule has 0 saturated heterocycles. The fourth-order valence-electron chi connectivity index (χ4n) is 2.31. The van der Waals surface area contributed by atoms with Crippen LogP contribution in [0.15, 0.2) is 23.0 Å². The number of aromatic carboxylic acids is 1. The molecule has 0 spiro atoms. The molecule has 0 atom stereocenters. The van der Waals surface area contributed by atoms with Crippen LogP contribution in [0.5, 0.6) is 0 Å². The van der Waals surface area contributed by atoms with Crippen molar-refractivity contribution in [3.05, 3.63) is 45.6 Å². The standard InChI is InChI=1S/C14H15N3O3/c1-8-4-3-5-11(9(8)2)17-14(20)16(10-6-7-10)12(15-17)13(18)19/h3-5,10H,6-7H2,1-2H3,(H,18,19). The predicted octanol–water partition coefficient (Wildman–Crippen LogP) is 1.68. The molecular weight excluding hydrogens is 258 g/mol. The third kappa shape index (κ3) is 1.84. The maximum atomic E-state index is 12.4. The number of aromatic nitrogens is 3. The van der Waals surface area contributed by atoms with Gasteiger partial charge in [-0.25, -0.2) is 9.59 Å². The summed E-state index contributed by atoms with van der Waals surface area (Å²) in [7, 11) is 0. The molecule has 1 N–H and O–H groups in total. The second-order valence-electron chi connectivity index (χ2n) is 5.14. The number of hydrogen-bond donors (Lipinski definition) is 1. The molecule has 1 aromatic heterocycles. The van der Waals surface area contributed by atoms with E-state index in [0.29, 0.717) is 5.69 Å². The Labute approximate surface area is 115 Å². The Kier molecular flexibility index (Phi) is 2.74. The van der Waals surface area contributed by atoms with Gasteiger partial charge in [0.25, 0.3) is 0 Å². The summed E-state index contributed by atoms with van der Waals surface area (Å²) >= 11 is 0. The number of hydrogen-bond acceptors (Lipinski definition) is 3. The van der Waals surface area contributed by atoms with Gasteiger partial charge >= 0.3 is 11.7 Å². The Balaban J connectivity index is 2.25.